The lowest BCUT2D eigenvalue weighted by Gasteiger charge is -2.15. The lowest BCUT2D eigenvalue weighted by molar-refractivity contribution is 0.0930. The van der Waals surface area contributed by atoms with Crippen molar-refractivity contribution in [3.63, 3.8) is 0 Å². The van der Waals surface area contributed by atoms with Crippen LogP contribution in [0.3, 0.4) is 0 Å². The summed E-state index contributed by atoms with van der Waals surface area (Å²) in [5.74, 6) is -0.108. The monoisotopic (exact) mass is 451 g/mol. The van der Waals surface area contributed by atoms with Gasteiger partial charge in [-0.2, -0.15) is 5.10 Å². The smallest absolute Gasteiger partial charge is 0.270 e. The Labute approximate surface area is 202 Å². The molecule has 0 aliphatic carbocycles. The molecule has 4 rings (SSSR count). The highest BCUT2D eigenvalue weighted by atomic mass is 16.2. The van der Waals surface area contributed by atoms with Crippen LogP contribution in [0, 0.1) is 27.7 Å². The fraction of sp³-hybridized carbons (Fsp3) is 0.267. The number of carbonyl (C=O) groups is 1. The molecule has 34 heavy (non-hydrogen) atoms. The first-order chi connectivity index (χ1) is 16.3. The van der Waals surface area contributed by atoms with E-state index in [1.807, 2.05) is 18.2 Å². The van der Waals surface area contributed by atoms with Crippen molar-refractivity contribution in [2.45, 2.75) is 53.5 Å². The minimum Gasteiger partial charge on any atom is -0.348 e. The fourth-order valence-electron chi connectivity index (χ4n) is 4.21. The molecular weight excluding hydrogens is 418 g/mol. The summed E-state index contributed by atoms with van der Waals surface area (Å²) in [4.78, 5) is 13.4. The maximum absolute atomic E-state index is 13.4. The fourth-order valence-corrected chi connectivity index (χ4v) is 4.21. The van der Waals surface area contributed by atoms with Crippen molar-refractivity contribution in [1.82, 2.24) is 15.1 Å². The molecule has 0 saturated heterocycles. The van der Waals surface area contributed by atoms with E-state index in [1.165, 1.54) is 22.3 Å². The molecule has 0 fully saturated rings. The van der Waals surface area contributed by atoms with Gasteiger partial charge in [-0.3, -0.25) is 4.79 Å². The van der Waals surface area contributed by atoms with Gasteiger partial charge in [0.15, 0.2) is 0 Å². The van der Waals surface area contributed by atoms with Crippen LogP contribution in [0.4, 0.5) is 0 Å². The summed E-state index contributed by atoms with van der Waals surface area (Å²) in [5.41, 5.74) is 9.27. The number of benzene rings is 3. The molecule has 0 aliphatic rings. The zero-order chi connectivity index (χ0) is 24.2. The van der Waals surface area contributed by atoms with Gasteiger partial charge < -0.3 is 5.32 Å². The number of amides is 1. The predicted octanol–water partition coefficient (Wildman–Crippen LogP) is 6.52. The van der Waals surface area contributed by atoms with E-state index in [9.17, 15) is 4.79 Å². The van der Waals surface area contributed by atoms with Crippen molar-refractivity contribution in [2.24, 2.45) is 0 Å². The molecule has 0 spiro atoms. The number of carbonyl (C=O) groups excluding carboxylic acids is 1. The third-order valence-corrected chi connectivity index (χ3v) is 6.41. The second kappa shape index (κ2) is 10.1. The van der Waals surface area contributed by atoms with E-state index in [0.717, 1.165) is 35.3 Å². The number of hydrogen-bond donors (Lipinski definition) is 1. The van der Waals surface area contributed by atoms with Gasteiger partial charge in [-0.1, -0.05) is 60.2 Å². The van der Waals surface area contributed by atoms with Crippen LogP contribution in [0.15, 0.2) is 72.8 Å². The van der Waals surface area contributed by atoms with Gasteiger partial charge in [-0.15, -0.1) is 0 Å². The highest BCUT2D eigenvalue weighted by molar-refractivity contribution is 5.94. The zero-order valence-electron chi connectivity index (χ0n) is 20.7. The molecule has 1 amide bonds. The first kappa shape index (κ1) is 23.5. The van der Waals surface area contributed by atoms with Gasteiger partial charge in [0.25, 0.3) is 5.91 Å². The molecule has 4 aromatic rings. The Morgan fingerprint density at radius 1 is 0.882 bits per heavy atom. The summed E-state index contributed by atoms with van der Waals surface area (Å²) >= 11 is 0. The molecule has 1 atom stereocenters. The van der Waals surface area contributed by atoms with E-state index < -0.39 is 0 Å². The number of hydrogen-bond acceptors (Lipinski definition) is 2. The summed E-state index contributed by atoms with van der Waals surface area (Å²) in [6.07, 6.45) is 1.80. The quantitative estimate of drug-likeness (QED) is 0.347. The van der Waals surface area contributed by atoms with Crippen LogP contribution in [0.1, 0.15) is 51.7 Å². The molecule has 174 valence electrons. The summed E-state index contributed by atoms with van der Waals surface area (Å²) in [6.45, 7) is 10.4. The van der Waals surface area contributed by atoms with Gasteiger partial charge in [-0.05, 0) is 87.9 Å². The van der Waals surface area contributed by atoms with Crippen LogP contribution in [-0.4, -0.2) is 21.7 Å². The Hall–Kier alpha value is -3.66. The molecule has 1 unspecified atom stereocenters. The maximum atomic E-state index is 13.4. The van der Waals surface area contributed by atoms with Crippen molar-refractivity contribution < 1.29 is 4.79 Å². The lowest BCUT2D eigenvalue weighted by Crippen LogP contribution is -2.34. The van der Waals surface area contributed by atoms with Crippen LogP contribution < -0.4 is 5.32 Å². The number of rotatable bonds is 7. The van der Waals surface area contributed by atoms with Crippen molar-refractivity contribution in [3.05, 3.63) is 106 Å². The number of nitrogens with zero attached hydrogens (tertiary/aromatic N) is 2. The SMILES string of the molecule is Cc1ccc(-n2nc(-c3ccc(C)c(C)c3)cc2C(=O)NC(C)CCc2ccccc2)c(C)c1. The maximum Gasteiger partial charge on any atom is 0.270 e. The second-order valence-electron chi connectivity index (χ2n) is 9.31. The molecule has 4 nitrogen and oxygen atoms in total. The minimum atomic E-state index is -0.108. The normalized spacial score (nSPS) is 11.9. The summed E-state index contributed by atoms with van der Waals surface area (Å²) in [5, 5.41) is 8.08. The molecule has 0 bridgehead atoms. The van der Waals surface area contributed by atoms with Gasteiger partial charge in [0.1, 0.15) is 5.69 Å². The highest BCUT2D eigenvalue weighted by Gasteiger charge is 2.20. The van der Waals surface area contributed by atoms with Crippen LogP contribution in [0.25, 0.3) is 16.9 Å². The summed E-state index contributed by atoms with van der Waals surface area (Å²) in [7, 11) is 0. The van der Waals surface area contributed by atoms with Crippen molar-refractivity contribution in [1.29, 1.82) is 0 Å². The predicted molar refractivity (Wildman–Crippen MR) is 140 cm³/mol. The van der Waals surface area contributed by atoms with Crippen LogP contribution in [0.5, 0.6) is 0 Å². The first-order valence-corrected chi connectivity index (χ1v) is 11.9. The van der Waals surface area contributed by atoms with Crippen LogP contribution >= 0.6 is 0 Å². The third kappa shape index (κ3) is 5.28. The largest absolute Gasteiger partial charge is 0.348 e. The second-order valence-corrected chi connectivity index (χ2v) is 9.31. The van der Waals surface area contributed by atoms with Crippen LogP contribution in [0.2, 0.25) is 0 Å². The summed E-state index contributed by atoms with van der Waals surface area (Å²) < 4.78 is 1.79. The Morgan fingerprint density at radius 3 is 2.35 bits per heavy atom. The molecule has 1 heterocycles. The topological polar surface area (TPSA) is 46.9 Å². The highest BCUT2D eigenvalue weighted by Crippen LogP contribution is 2.25. The van der Waals surface area contributed by atoms with Crippen molar-refractivity contribution in [3.8, 4) is 16.9 Å². The van der Waals surface area contributed by atoms with Gasteiger partial charge in [0, 0.05) is 11.6 Å². The van der Waals surface area contributed by atoms with E-state index in [4.69, 9.17) is 5.10 Å². The van der Waals surface area contributed by atoms with E-state index in [1.54, 1.807) is 4.68 Å². The van der Waals surface area contributed by atoms with Gasteiger partial charge in [-0.25, -0.2) is 4.68 Å². The Bertz CT molecular complexity index is 1300. The standard InChI is InChI=1S/C30H33N3O/c1-20-11-16-28(23(4)17-20)33-29(19-27(32-33)26-15-12-21(2)22(3)18-26)30(34)31-24(5)13-14-25-9-7-6-8-10-25/h6-12,15-19,24H,13-14H2,1-5H3,(H,31,34). The average Bonchev–Trinajstić information content (AvgIpc) is 3.25. The number of aryl methyl sites for hydroxylation is 5. The first-order valence-electron chi connectivity index (χ1n) is 11.9. The zero-order valence-corrected chi connectivity index (χ0v) is 20.7. The molecule has 0 saturated carbocycles. The van der Waals surface area contributed by atoms with Gasteiger partial charge >= 0.3 is 0 Å². The minimum absolute atomic E-state index is 0.0419. The molecule has 0 radical (unpaired) electrons. The van der Waals surface area contributed by atoms with E-state index in [0.29, 0.717) is 5.69 Å². The molecule has 1 N–H and O–H groups in total. The molecule has 1 aromatic heterocycles. The lowest BCUT2D eigenvalue weighted by atomic mass is 10.0. The van der Waals surface area contributed by atoms with Gasteiger partial charge in [0.2, 0.25) is 0 Å². The van der Waals surface area contributed by atoms with E-state index in [-0.39, 0.29) is 11.9 Å². The van der Waals surface area contributed by atoms with E-state index >= 15 is 0 Å². The van der Waals surface area contributed by atoms with Gasteiger partial charge in [0.05, 0.1) is 11.4 Å². The molecular formula is C30H33N3O. The van der Waals surface area contributed by atoms with Crippen molar-refractivity contribution in [2.75, 3.05) is 0 Å². The Kier molecular flexibility index (Phi) is 6.97. The average molecular weight is 452 g/mol. The molecule has 3 aromatic carbocycles. The number of aromatic nitrogens is 2. The Balaban J connectivity index is 1.64. The Morgan fingerprint density at radius 2 is 1.65 bits per heavy atom. The third-order valence-electron chi connectivity index (χ3n) is 6.41. The van der Waals surface area contributed by atoms with Crippen molar-refractivity contribution >= 4 is 5.91 Å². The number of nitrogens with one attached hydrogen (secondary N) is 1. The van der Waals surface area contributed by atoms with E-state index in [2.05, 4.69) is 94.5 Å². The summed E-state index contributed by atoms with van der Waals surface area (Å²) in [6, 6.07) is 24.8. The van der Waals surface area contributed by atoms with Crippen LogP contribution in [-0.2, 0) is 6.42 Å². The molecule has 0 aliphatic heterocycles. The molecule has 4 heteroatoms.